The number of hydrogen-bond donors (Lipinski definition) is 2. The highest BCUT2D eigenvalue weighted by atomic mass is 35.5. The van der Waals surface area contributed by atoms with Crippen LogP contribution >= 0.6 is 23.2 Å². The molecule has 0 aromatic heterocycles. The van der Waals surface area contributed by atoms with Gasteiger partial charge in [0, 0.05) is 29.6 Å². The fraction of sp³-hybridized carbons (Fsp3) is 0.278. The number of benzene rings is 2. The van der Waals surface area contributed by atoms with Gasteiger partial charge in [0.15, 0.2) is 0 Å². The minimum absolute atomic E-state index is 0.00146. The van der Waals surface area contributed by atoms with E-state index in [-0.39, 0.29) is 30.3 Å². The number of carbonyl (C=O) groups is 1. The summed E-state index contributed by atoms with van der Waals surface area (Å²) >= 11 is 11.9. The summed E-state index contributed by atoms with van der Waals surface area (Å²) in [5, 5.41) is 3.66. The van der Waals surface area contributed by atoms with Crippen LogP contribution in [0.5, 0.6) is 5.75 Å². The zero-order valence-corrected chi connectivity index (χ0v) is 17.0. The van der Waals surface area contributed by atoms with E-state index >= 15 is 0 Å². The molecule has 0 radical (unpaired) electrons. The van der Waals surface area contributed by atoms with Crippen molar-refractivity contribution in [3.05, 3.63) is 58.1 Å². The number of nitrogens with one attached hydrogen (secondary N) is 2. The van der Waals surface area contributed by atoms with Crippen molar-refractivity contribution in [3.63, 3.8) is 0 Å². The molecule has 2 N–H and O–H groups in total. The van der Waals surface area contributed by atoms with E-state index in [2.05, 4.69) is 10.0 Å². The van der Waals surface area contributed by atoms with Crippen LogP contribution in [0.3, 0.4) is 0 Å². The summed E-state index contributed by atoms with van der Waals surface area (Å²) in [6.07, 6.45) is 0.00146. The first kappa shape index (κ1) is 21.5. The van der Waals surface area contributed by atoms with Crippen LogP contribution in [0, 0.1) is 0 Å². The fourth-order valence-electron chi connectivity index (χ4n) is 2.21. The summed E-state index contributed by atoms with van der Waals surface area (Å²) in [7, 11) is -3.69. The lowest BCUT2D eigenvalue weighted by Crippen LogP contribution is -2.30. The number of amides is 1. The molecule has 0 fully saturated rings. The molecule has 1 amide bonds. The summed E-state index contributed by atoms with van der Waals surface area (Å²) in [6, 6.07) is 11.1. The Morgan fingerprint density at radius 2 is 1.81 bits per heavy atom. The molecular formula is C18H20Cl2N2O4S. The molecule has 0 aliphatic rings. The maximum absolute atomic E-state index is 12.2. The first-order chi connectivity index (χ1) is 12.8. The largest absolute Gasteiger partial charge is 0.494 e. The normalized spacial score (nSPS) is 11.2. The van der Waals surface area contributed by atoms with Gasteiger partial charge in [-0.3, -0.25) is 4.79 Å². The van der Waals surface area contributed by atoms with Gasteiger partial charge in [-0.15, -0.1) is 0 Å². The Balaban J connectivity index is 1.81. The number of sulfonamides is 1. The van der Waals surface area contributed by atoms with Gasteiger partial charge in [-0.1, -0.05) is 29.3 Å². The molecule has 0 heterocycles. The Morgan fingerprint density at radius 3 is 2.44 bits per heavy atom. The summed E-state index contributed by atoms with van der Waals surface area (Å²) < 4.78 is 32.1. The lowest BCUT2D eigenvalue weighted by Gasteiger charge is -2.09. The Hall–Kier alpha value is -1.80. The first-order valence-corrected chi connectivity index (χ1v) is 10.5. The van der Waals surface area contributed by atoms with Crippen molar-refractivity contribution in [3.8, 4) is 5.75 Å². The van der Waals surface area contributed by atoms with Crippen LogP contribution in [0.25, 0.3) is 0 Å². The average Bonchev–Trinajstić information content (AvgIpc) is 2.61. The van der Waals surface area contributed by atoms with Crippen molar-refractivity contribution in [2.45, 2.75) is 24.8 Å². The SMILES string of the molecule is CCOc1ccc(S(=O)(=O)NCCC(=O)NCc2ccc(Cl)cc2Cl)cc1. The van der Waals surface area contributed by atoms with Crippen molar-refractivity contribution in [2.75, 3.05) is 13.2 Å². The topological polar surface area (TPSA) is 84.5 Å². The van der Waals surface area contributed by atoms with Crippen LogP contribution in [0.1, 0.15) is 18.9 Å². The first-order valence-electron chi connectivity index (χ1n) is 8.25. The molecule has 0 spiro atoms. The van der Waals surface area contributed by atoms with Gasteiger partial charge >= 0.3 is 0 Å². The molecule has 0 saturated heterocycles. The Bertz CT molecular complexity index is 887. The predicted octanol–water partition coefficient (Wildman–Crippen LogP) is 3.38. The van der Waals surface area contributed by atoms with Gasteiger partial charge < -0.3 is 10.1 Å². The van der Waals surface area contributed by atoms with E-state index in [1.165, 1.54) is 12.1 Å². The number of carbonyl (C=O) groups excluding carboxylic acids is 1. The maximum Gasteiger partial charge on any atom is 0.240 e. The fourth-order valence-corrected chi connectivity index (χ4v) is 3.72. The Morgan fingerprint density at radius 1 is 1.11 bits per heavy atom. The molecule has 0 aliphatic heterocycles. The molecule has 2 aromatic rings. The quantitative estimate of drug-likeness (QED) is 0.638. The standard InChI is InChI=1S/C18H20Cl2N2O4S/c1-2-26-15-5-7-16(8-6-15)27(24,25)22-10-9-18(23)21-12-13-3-4-14(19)11-17(13)20/h3-8,11,22H,2,9-10,12H2,1H3,(H,21,23). The highest BCUT2D eigenvalue weighted by Gasteiger charge is 2.14. The molecule has 0 unspecified atom stereocenters. The molecule has 0 bridgehead atoms. The van der Waals surface area contributed by atoms with Crippen LogP contribution in [-0.2, 0) is 21.4 Å². The monoisotopic (exact) mass is 430 g/mol. The second-order valence-electron chi connectivity index (χ2n) is 5.56. The highest BCUT2D eigenvalue weighted by Crippen LogP contribution is 2.20. The lowest BCUT2D eigenvalue weighted by molar-refractivity contribution is -0.121. The van der Waals surface area contributed by atoms with Gasteiger partial charge in [-0.25, -0.2) is 13.1 Å². The van der Waals surface area contributed by atoms with Crippen molar-refractivity contribution in [1.82, 2.24) is 10.0 Å². The summed E-state index contributed by atoms with van der Waals surface area (Å²) in [6.45, 7) is 2.56. The lowest BCUT2D eigenvalue weighted by atomic mass is 10.2. The van der Waals surface area contributed by atoms with E-state index in [0.717, 1.165) is 5.56 Å². The van der Waals surface area contributed by atoms with Crippen LogP contribution < -0.4 is 14.8 Å². The van der Waals surface area contributed by atoms with E-state index in [1.54, 1.807) is 30.3 Å². The van der Waals surface area contributed by atoms with Gasteiger partial charge in [0.1, 0.15) is 5.75 Å². The second kappa shape index (κ2) is 9.94. The molecule has 0 atom stereocenters. The zero-order chi connectivity index (χ0) is 19.9. The molecule has 2 aromatic carbocycles. The third-order valence-corrected chi connectivity index (χ3v) is 5.64. The highest BCUT2D eigenvalue weighted by molar-refractivity contribution is 7.89. The molecule has 2 rings (SSSR count). The zero-order valence-electron chi connectivity index (χ0n) is 14.7. The molecule has 0 aliphatic carbocycles. The number of halogens is 2. The van der Waals surface area contributed by atoms with Crippen LogP contribution in [0.4, 0.5) is 0 Å². The predicted molar refractivity (Wildman–Crippen MR) is 106 cm³/mol. The summed E-state index contributed by atoms with van der Waals surface area (Å²) in [4.78, 5) is 12.0. The van der Waals surface area contributed by atoms with Crippen molar-refractivity contribution in [2.24, 2.45) is 0 Å². The summed E-state index contributed by atoms with van der Waals surface area (Å²) in [5.74, 6) is 0.298. The molecule has 6 nitrogen and oxygen atoms in total. The van der Waals surface area contributed by atoms with Gasteiger partial charge in [0.25, 0.3) is 0 Å². The van der Waals surface area contributed by atoms with E-state index in [1.807, 2.05) is 6.92 Å². The minimum Gasteiger partial charge on any atom is -0.494 e. The Labute approximate surface area is 168 Å². The second-order valence-corrected chi connectivity index (χ2v) is 8.18. The maximum atomic E-state index is 12.2. The van der Waals surface area contributed by atoms with Gasteiger partial charge in [0.2, 0.25) is 15.9 Å². The molecule has 27 heavy (non-hydrogen) atoms. The third kappa shape index (κ3) is 6.70. The van der Waals surface area contributed by atoms with E-state index in [0.29, 0.717) is 22.4 Å². The van der Waals surface area contributed by atoms with Crippen molar-refractivity contribution < 1.29 is 17.9 Å². The summed E-state index contributed by atoms with van der Waals surface area (Å²) in [5.41, 5.74) is 0.726. The van der Waals surface area contributed by atoms with Crippen LogP contribution in [-0.4, -0.2) is 27.5 Å². The molecular weight excluding hydrogens is 411 g/mol. The number of ether oxygens (including phenoxy) is 1. The van der Waals surface area contributed by atoms with E-state index in [4.69, 9.17) is 27.9 Å². The average molecular weight is 431 g/mol. The van der Waals surface area contributed by atoms with Crippen molar-refractivity contribution in [1.29, 1.82) is 0 Å². The van der Waals surface area contributed by atoms with Gasteiger partial charge in [-0.05, 0) is 48.9 Å². The number of rotatable bonds is 9. The van der Waals surface area contributed by atoms with Crippen LogP contribution in [0.2, 0.25) is 10.0 Å². The number of hydrogen-bond acceptors (Lipinski definition) is 4. The Kier molecular flexibility index (Phi) is 7.91. The van der Waals surface area contributed by atoms with E-state index < -0.39 is 10.0 Å². The van der Waals surface area contributed by atoms with E-state index in [9.17, 15) is 13.2 Å². The van der Waals surface area contributed by atoms with Gasteiger partial charge in [0.05, 0.1) is 11.5 Å². The third-order valence-electron chi connectivity index (χ3n) is 3.58. The molecule has 146 valence electrons. The van der Waals surface area contributed by atoms with Crippen molar-refractivity contribution >= 4 is 39.1 Å². The minimum atomic E-state index is -3.69. The van der Waals surface area contributed by atoms with Gasteiger partial charge in [-0.2, -0.15) is 0 Å². The van der Waals surface area contributed by atoms with Crippen LogP contribution in [0.15, 0.2) is 47.4 Å². The molecule has 9 heteroatoms. The smallest absolute Gasteiger partial charge is 0.240 e. The molecule has 0 saturated carbocycles.